The zero-order valence-corrected chi connectivity index (χ0v) is 14.2. The fourth-order valence-corrected chi connectivity index (χ4v) is 3.35. The first kappa shape index (κ1) is 16.6. The fraction of sp³-hybridized carbons (Fsp3) is 0.778. The van der Waals surface area contributed by atoms with Crippen molar-refractivity contribution in [3.05, 3.63) is 24.2 Å². The molecule has 21 heavy (non-hydrogen) atoms. The summed E-state index contributed by atoms with van der Waals surface area (Å²) in [6.07, 6.45) is 7.24. The molecule has 0 saturated heterocycles. The molecule has 120 valence electrons. The second kappa shape index (κ2) is 6.97. The molecule has 0 spiro atoms. The third-order valence-electron chi connectivity index (χ3n) is 4.62. The monoisotopic (exact) mass is 292 g/mol. The van der Waals surface area contributed by atoms with Crippen LogP contribution in [0, 0.1) is 5.41 Å². The Kier molecular flexibility index (Phi) is 5.50. The van der Waals surface area contributed by atoms with E-state index in [9.17, 15) is 0 Å². The summed E-state index contributed by atoms with van der Waals surface area (Å²) in [7, 11) is 0. The molecule has 0 aromatic carbocycles. The molecule has 1 aliphatic rings. The van der Waals surface area contributed by atoms with Gasteiger partial charge in [-0.3, -0.25) is 4.90 Å². The molecule has 1 saturated carbocycles. The molecule has 1 heterocycles. The lowest BCUT2D eigenvalue weighted by atomic mass is 9.84. The van der Waals surface area contributed by atoms with Crippen LogP contribution in [-0.2, 0) is 6.54 Å². The summed E-state index contributed by atoms with van der Waals surface area (Å²) in [5, 5.41) is 3.74. The van der Waals surface area contributed by atoms with Gasteiger partial charge in [-0.1, -0.05) is 19.8 Å². The molecule has 0 radical (unpaired) electrons. The summed E-state index contributed by atoms with van der Waals surface area (Å²) >= 11 is 0. The van der Waals surface area contributed by atoms with Gasteiger partial charge in [-0.25, -0.2) is 0 Å². The van der Waals surface area contributed by atoms with Crippen LogP contribution in [0.15, 0.2) is 22.8 Å². The van der Waals surface area contributed by atoms with E-state index in [0.29, 0.717) is 5.41 Å². The van der Waals surface area contributed by atoms with Crippen molar-refractivity contribution in [2.24, 2.45) is 5.41 Å². The highest BCUT2D eigenvalue weighted by Gasteiger charge is 2.36. The van der Waals surface area contributed by atoms with Gasteiger partial charge in [0.1, 0.15) is 5.76 Å². The van der Waals surface area contributed by atoms with E-state index < -0.39 is 0 Å². The van der Waals surface area contributed by atoms with Crippen LogP contribution in [0.4, 0.5) is 0 Å². The maximum absolute atomic E-state index is 5.52. The summed E-state index contributed by atoms with van der Waals surface area (Å²) in [5.74, 6) is 1.08. The van der Waals surface area contributed by atoms with Crippen LogP contribution in [0.25, 0.3) is 0 Å². The SMILES string of the molecule is CCN(Cc1ccco1)CC1(CNC(C)(C)C)CCCC1. The molecule has 0 atom stereocenters. The van der Waals surface area contributed by atoms with E-state index in [1.807, 2.05) is 6.07 Å². The molecule has 1 N–H and O–H groups in total. The standard InChI is InChI=1S/C18H32N2O/c1-5-20(13-16-9-8-12-21-16)15-18(10-6-7-11-18)14-19-17(2,3)4/h8-9,12,19H,5-7,10-11,13-15H2,1-4H3. The van der Waals surface area contributed by atoms with Crippen LogP contribution >= 0.6 is 0 Å². The molecular weight excluding hydrogens is 260 g/mol. The Morgan fingerprint density at radius 1 is 1.29 bits per heavy atom. The van der Waals surface area contributed by atoms with Crippen molar-refractivity contribution < 1.29 is 4.42 Å². The average molecular weight is 292 g/mol. The zero-order valence-electron chi connectivity index (χ0n) is 14.2. The normalized spacial score (nSPS) is 18.5. The highest BCUT2D eigenvalue weighted by Crippen LogP contribution is 2.39. The number of hydrogen-bond acceptors (Lipinski definition) is 3. The van der Waals surface area contributed by atoms with Crippen LogP contribution in [0.2, 0.25) is 0 Å². The van der Waals surface area contributed by atoms with Crippen molar-refractivity contribution in [3.8, 4) is 0 Å². The topological polar surface area (TPSA) is 28.4 Å². The minimum atomic E-state index is 0.202. The van der Waals surface area contributed by atoms with Gasteiger partial charge in [0, 0.05) is 18.6 Å². The summed E-state index contributed by atoms with van der Waals surface area (Å²) < 4.78 is 5.52. The largest absolute Gasteiger partial charge is 0.468 e. The summed E-state index contributed by atoms with van der Waals surface area (Å²) in [4.78, 5) is 2.54. The van der Waals surface area contributed by atoms with Crippen LogP contribution in [0.5, 0.6) is 0 Å². The van der Waals surface area contributed by atoms with Crippen LogP contribution in [0.1, 0.15) is 59.1 Å². The molecule has 1 aromatic rings. The van der Waals surface area contributed by atoms with Crippen LogP contribution < -0.4 is 5.32 Å². The first-order chi connectivity index (χ1) is 9.92. The molecule has 0 unspecified atom stereocenters. The maximum Gasteiger partial charge on any atom is 0.117 e. The van der Waals surface area contributed by atoms with E-state index >= 15 is 0 Å². The maximum atomic E-state index is 5.52. The molecule has 2 rings (SSSR count). The molecule has 0 aliphatic heterocycles. The molecule has 1 fully saturated rings. The fourth-order valence-electron chi connectivity index (χ4n) is 3.35. The van der Waals surface area contributed by atoms with Gasteiger partial charge in [-0.2, -0.15) is 0 Å². The summed E-state index contributed by atoms with van der Waals surface area (Å²) in [6, 6.07) is 4.06. The van der Waals surface area contributed by atoms with Gasteiger partial charge < -0.3 is 9.73 Å². The average Bonchev–Trinajstić information content (AvgIpc) is 3.07. The molecule has 1 aliphatic carbocycles. The smallest absolute Gasteiger partial charge is 0.117 e. The van der Waals surface area contributed by atoms with Gasteiger partial charge in [0.15, 0.2) is 0 Å². The van der Waals surface area contributed by atoms with Gasteiger partial charge in [-0.05, 0) is 57.7 Å². The van der Waals surface area contributed by atoms with Gasteiger partial charge in [0.25, 0.3) is 0 Å². The highest BCUT2D eigenvalue weighted by molar-refractivity contribution is 4.99. The highest BCUT2D eigenvalue weighted by atomic mass is 16.3. The summed E-state index contributed by atoms with van der Waals surface area (Å²) in [6.45, 7) is 13.3. The molecule has 3 nitrogen and oxygen atoms in total. The second-order valence-electron chi connectivity index (χ2n) is 7.69. The van der Waals surface area contributed by atoms with Crippen LogP contribution in [0.3, 0.4) is 0 Å². The Labute approximate surface area is 130 Å². The molecule has 1 aromatic heterocycles. The second-order valence-corrected chi connectivity index (χ2v) is 7.69. The third-order valence-corrected chi connectivity index (χ3v) is 4.62. The first-order valence-corrected chi connectivity index (χ1v) is 8.42. The predicted octanol–water partition coefficient (Wildman–Crippen LogP) is 4.05. The minimum absolute atomic E-state index is 0.202. The van der Waals surface area contributed by atoms with Crippen molar-refractivity contribution in [2.45, 2.75) is 65.5 Å². The Morgan fingerprint density at radius 2 is 2.00 bits per heavy atom. The van der Waals surface area contributed by atoms with Crippen molar-refractivity contribution in [1.29, 1.82) is 0 Å². The lowest BCUT2D eigenvalue weighted by molar-refractivity contribution is 0.132. The van der Waals surface area contributed by atoms with Crippen molar-refractivity contribution in [3.63, 3.8) is 0 Å². The van der Waals surface area contributed by atoms with E-state index in [0.717, 1.165) is 25.4 Å². The van der Waals surface area contributed by atoms with Gasteiger partial charge in [0.2, 0.25) is 0 Å². The Hall–Kier alpha value is -0.800. The van der Waals surface area contributed by atoms with E-state index in [-0.39, 0.29) is 5.54 Å². The Morgan fingerprint density at radius 3 is 2.52 bits per heavy atom. The molecule has 0 bridgehead atoms. The molecule has 0 amide bonds. The Balaban J connectivity index is 1.96. The van der Waals surface area contributed by atoms with Gasteiger partial charge in [-0.15, -0.1) is 0 Å². The van der Waals surface area contributed by atoms with Gasteiger partial charge in [0.05, 0.1) is 12.8 Å². The Bertz CT molecular complexity index is 399. The van der Waals surface area contributed by atoms with E-state index in [1.165, 1.54) is 32.2 Å². The number of furan rings is 1. The van der Waals surface area contributed by atoms with E-state index in [1.54, 1.807) is 6.26 Å². The van der Waals surface area contributed by atoms with Gasteiger partial charge >= 0.3 is 0 Å². The minimum Gasteiger partial charge on any atom is -0.468 e. The quantitative estimate of drug-likeness (QED) is 0.822. The summed E-state index contributed by atoms with van der Waals surface area (Å²) in [5.41, 5.74) is 0.642. The van der Waals surface area contributed by atoms with E-state index in [4.69, 9.17) is 4.42 Å². The number of rotatable bonds is 7. The van der Waals surface area contributed by atoms with E-state index in [2.05, 4.69) is 44.0 Å². The predicted molar refractivity (Wildman–Crippen MR) is 88.3 cm³/mol. The zero-order chi connectivity index (χ0) is 15.3. The third kappa shape index (κ3) is 5.15. The number of nitrogens with zero attached hydrogens (tertiary/aromatic N) is 1. The molecule has 3 heteroatoms. The van der Waals surface area contributed by atoms with Crippen LogP contribution in [-0.4, -0.2) is 30.1 Å². The number of hydrogen-bond donors (Lipinski definition) is 1. The molecular formula is C18H32N2O. The lowest BCUT2D eigenvalue weighted by Gasteiger charge is -2.37. The van der Waals surface area contributed by atoms with Crippen molar-refractivity contribution >= 4 is 0 Å². The van der Waals surface area contributed by atoms with Crippen molar-refractivity contribution in [1.82, 2.24) is 10.2 Å². The lowest BCUT2D eigenvalue weighted by Crippen LogP contribution is -2.47. The first-order valence-electron chi connectivity index (χ1n) is 8.42. The van der Waals surface area contributed by atoms with Crippen molar-refractivity contribution in [2.75, 3.05) is 19.6 Å². The number of nitrogens with one attached hydrogen (secondary N) is 1.